The molecular formula is C35H50N2O3S. The van der Waals surface area contributed by atoms with Gasteiger partial charge in [-0.1, -0.05) is 108 Å². The molecule has 0 unspecified atom stereocenters. The van der Waals surface area contributed by atoms with E-state index in [-0.39, 0.29) is 18.1 Å². The van der Waals surface area contributed by atoms with Crippen molar-refractivity contribution in [3.05, 3.63) is 70.3 Å². The number of ketones is 1. The van der Waals surface area contributed by atoms with Crippen molar-refractivity contribution in [2.45, 2.75) is 111 Å². The van der Waals surface area contributed by atoms with Crippen LogP contribution in [0.5, 0.6) is 5.75 Å². The number of carbonyl (C=O) groups is 2. The van der Waals surface area contributed by atoms with Gasteiger partial charge < -0.3 is 15.0 Å². The summed E-state index contributed by atoms with van der Waals surface area (Å²) in [5, 5.41) is 5.28. The summed E-state index contributed by atoms with van der Waals surface area (Å²) < 4.78 is 6.18. The van der Waals surface area contributed by atoms with Crippen LogP contribution in [0.3, 0.4) is 0 Å². The molecule has 1 aliphatic heterocycles. The molecule has 1 heterocycles. The maximum absolute atomic E-state index is 13.2. The third kappa shape index (κ3) is 11.6. The fourth-order valence-corrected chi connectivity index (χ4v) is 6.18. The second kappa shape index (κ2) is 18.7. The van der Waals surface area contributed by atoms with Crippen LogP contribution in [0.1, 0.15) is 119 Å². The van der Waals surface area contributed by atoms with Crippen molar-refractivity contribution in [3.8, 4) is 5.75 Å². The number of rotatable bonds is 20. The predicted molar refractivity (Wildman–Crippen MR) is 174 cm³/mol. The standard InChI is InChI=1S/C35H50N2O3S/c1-4-5-6-7-8-9-10-11-12-13-14-17-23-40-35-30(20-18-21-32(35)29(3)38)24-34(39)36-33-22-16-15-19-31(33)25-37-27-41-26-28(37)2/h15-16,18-22,26H,4-14,17,23-25,27H2,1-3H3,(H,36,39). The van der Waals surface area contributed by atoms with Gasteiger partial charge in [0.15, 0.2) is 5.78 Å². The van der Waals surface area contributed by atoms with Crippen molar-refractivity contribution < 1.29 is 14.3 Å². The minimum Gasteiger partial charge on any atom is -0.493 e. The van der Waals surface area contributed by atoms with E-state index in [1.165, 1.54) is 69.9 Å². The molecule has 0 aliphatic carbocycles. The maximum Gasteiger partial charge on any atom is 0.228 e. The summed E-state index contributed by atoms with van der Waals surface area (Å²) >= 11 is 1.79. The fraction of sp³-hybridized carbons (Fsp3) is 0.543. The average molecular weight is 579 g/mol. The maximum atomic E-state index is 13.2. The lowest BCUT2D eigenvalue weighted by Crippen LogP contribution is -2.20. The number of hydrogen-bond donors (Lipinski definition) is 1. The summed E-state index contributed by atoms with van der Waals surface area (Å²) in [4.78, 5) is 27.8. The number of ether oxygens (including phenoxy) is 1. The quantitative estimate of drug-likeness (QED) is 0.125. The largest absolute Gasteiger partial charge is 0.493 e. The van der Waals surface area contributed by atoms with E-state index >= 15 is 0 Å². The van der Waals surface area contributed by atoms with E-state index < -0.39 is 0 Å². The first-order valence-electron chi connectivity index (χ1n) is 15.7. The highest BCUT2D eigenvalue weighted by molar-refractivity contribution is 8.02. The van der Waals surface area contributed by atoms with E-state index in [0.29, 0.717) is 17.9 Å². The molecule has 2 aromatic carbocycles. The summed E-state index contributed by atoms with van der Waals surface area (Å²) in [5.74, 6) is 1.32. The van der Waals surface area contributed by atoms with Gasteiger partial charge in [0.05, 0.1) is 24.5 Å². The number of hydrogen-bond acceptors (Lipinski definition) is 5. The SMILES string of the molecule is CCCCCCCCCCCCCCOc1c(CC(=O)Nc2ccccc2CN2CSC=C2C)cccc1C(C)=O. The third-order valence-electron chi connectivity index (χ3n) is 7.71. The minimum absolute atomic E-state index is 0.0470. The molecule has 0 fully saturated rings. The minimum atomic E-state index is -0.114. The molecule has 3 rings (SSSR count). The number of unbranched alkanes of at least 4 members (excludes halogenated alkanes) is 11. The van der Waals surface area contributed by atoms with Gasteiger partial charge in [-0.25, -0.2) is 0 Å². The molecule has 0 atom stereocenters. The highest BCUT2D eigenvalue weighted by atomic mass is 32.2. The molecule has 0 saturated heterocycles. The van der Waals surface area contributed by atoms with Crippen molar-refractivity contribution in [2.75, 3.05) is 17.8 Å². The average Bonchev–Trinajstić information content (AvgIpc) is 3.36. The molecule has 1 amide bonds. The van der Waals surface area contributed by atoms with Gasteiger partial charge in [0.1, 0.15) is 5.75 Å². The van der Waals surface area contributed by atoms with E-state index in [1.807, 2.05) is 30.3 Å². The Labute approximate surface area is 252 Å². The lowest BCUT2D eigenvalue weighted by atomic mass is 10.0. The number of nitrogens with zero attached hydrogens (tertiary/aromatic N) is 1. The van der Waals surface area contributed by atoms with E-state index in [2.05, 4.69) is 35.5 Å². The highest BCUT2D eigenvalue weighted by Gasteiger charge is 2.18. The Balaban J connectivity index is 1.47. The summed E-state index contributed by atoms with van der Waals surface area (Å²) in [6, 6.07) is 13.5. The Bertz CT molecular complexity index is 1130. The molecule has 1 N–H and O–H groups in total. The predicted octanol–water partition coefficient (Wildman–Crippen LogP) is 9.52. The van der Waals surface area contributed by atoms with Crippen LogP contribution in [0, 0.1) is 0 Å². The summed E-state index contributed by atoms with van der Waals surface area (Å²) in [5.41, 5.74) is 4.44. The molecule has 224 valence electrons. The van der Waals surface area contributed by atoms with Crippen LogP contribution in [0.25, 0.3) is 0 Å². The Morgan fingerprint density at radius 3 is 2.12 bits per heavy atom. The molecule has 0 radical (unpaired) electrons. The van der Waals surface area contributed by atoms with Crippen LogP contribution < -0.4 is 10.1 Å². The Kier molecular flexibility index (Phi) is 14.9. The van der Waals surface area contributed by atoms with Gasteiger partial charge in [-0.2, -0.15) is 0 Å². The van der Waals surface area contributed by atoms with Gasteiger partial charge in [-0.3, -0.25) is 9.59 Å². The Morgan fingerprint density at radius 2 is 1.49 bits per heavy atom. The van der Waals surface area contributed by atoms with Crippen LogP contribution in [-0.2, 0) is 17.8 Å². The molecule has 0 spiro atoms. The van der Waals surface area contributed by atoms with E-state index in [9.17, 15) is 9.59 Å². The van der Waals surface area contributed by atoms with Gasteiger partial charge in [-0.05, 0) is 43.4 Å². The molecule has 5 nitrogen and oxygen atoms in total. The number of anilines is 1. The fourth-order valence-electron chi connectivity index (χ4n) is 5.24. The number of thioether (sulfide) groups is 1. The lowest BCUT2D eigenvalue weighted by Gasteiger charge is -2.21. The van der Waals surface area contributed by atoms with Crippen molar-refractivity contribution in [2.24, 2.45) is 0 Å². The van der Waals surface area contributed by atoms with E-state index in [1.54, 1.807) is 24.8 Å². The van der Waals surface area contributed by atoms with Crippen LogP contribution in [0.2, 0.25) is 0 Å². The van der Waals surface area contributed by atoms with Gasteiger partial charge in [-0.15, -0.1) is 11.8 Å². The van der Waals surface area contributed by atoms with Gasteiger partial charge in [0.25, 0.3) is 0 Å². The Morgan fingerprint density at radius 1 is 0.854 bits per heavy atom. The Hall–Kier alpha value is -2.73. The summed E-state index contributed by atoms with van der Waals surface area (Å²) in [6.45, 7) is 7.24. The molecular weight excluding hydrogens is 528 g/mol. The zero-order valence-electron chi connectivity index (χ0n) is 25.5. The number of allylic oxidation sites excluding steroid dienone is 1. The zero-order valence-corrected chi connectivity index (χ0v) is 26.3. The smallest absolute Gasteiger partial charge is 0.228 e. The van der Waals surface area contributed by atoms with Crippen molar-refractivity contribution in [1.29, 1.82) is 0 Å². The molecule has 1 aliphatic rings. The molecule has 0 aromatic heterocycles. The normalized spacial score (nSPS) is 12.9. The third-order valence-corrected chi connectivity index (χ3v) is 8.68. The second-order valence-electron chi connectivity index (χ2n) is 11.2. The van der Waals surface area contributed by atoms with Gasteiger partial charge in [0.2, 0.25) is 5.91 Å². The monoisotopic (exact) mass is 578 g/mol. The number of Topliss-reactive ketones (excluding diaryl/α,β-unsaturated/α-hetero) is 1. The van der Waals surface area contributed by atoms with Crippen LogP contribution >= 0.6 is 11.8 Å². The van der Waals surface area contributed by atoms with E-state index in [0.717, 1.165) is 42.1 Å². The number of benzene rings is 2. The first-order chi connectivity index (χ1) is 20.0. The number of para-hydroxylation sites is 2. The molecule has 41 heavy (non-hydrogen) atoms. The molecule has 2 aromatic rings. The van der Waals surface area contributed by atoms with Crippen LogP contribution in [0.4, 0.5) is 5.69 Å². The highest BCUT2D eigenvalue weighted by Crippen LogP contribution is 2.29. The molecule has 0 bridgehead atoms. The van der Waals surface area contributed by atoms with Crippen LogP contribution in [-0.4, -0.2) is 29.1 Å². The van der Waals surface area contributed by atoms with Gasteiger partial charge in [0, 0.05) is 23.5 Å². The van der Waals surface area contributed by atoms with E-state index in [4.69, 9.17) is 4.74 Å². The van der Waals surface area contributed by atoms with Gasteiger partial charge >= 0.3 is 0 Å². The van der Waals surface area contributed by atoms with Crippen molar-refractivity contribution in [1.82, 2.24) is 4.90 Å². The first-order valence-corrected chi connectivity index (χ1v) is 16.7. The summed E-state index contributed by atoms with van der Waals surface area (Å²) in [6.07, 6.45) is 15.6. The lowest BCUT2D eigenvalue weighted by molar-refractivity contribution is -0.115. The van der Waals surface area contributed by atoms with Crippen molar-refractivity contribution in [3.63, 3.8) is 0 Å². The molecule has 0 saturated carbocycles. The van der Waals surface area contributed by atoms with Crippen LogP contribution in [0.15, 0.2) is 53.6 Å². The molecule has 6 heteroatoms. The number of nitrogens with one attached hydrogen (secondary N) is 1. The first kappa shape index (κ1) is 32.8. The number of amides is 1. The second-order valence-corrected chi connectivity index (χ2v) is 12.0. The summed E-state index contributed by atoms with van der Waals surface area (Å²) in [7, 11) is 0. The zero-order chi connectivity index (χ0) is 29.3. The van der Waals surface area contributed by atoms with Crippen molar-refractivity contribution >= 4 is 29.1 Å². The number of carbonyl (C=O) groups excluding carboxylic acids is 2. The topological polar surface area (TPSA) is 58.6 Å².